The topological polar surface area (TPSA) is 112 Å². The van der Waals surface area contributed by atoms with Gasteiger partial charge in [-0.2, -0.15) is 0 Å². The van der Waals surface area contributed by atoms with E-state index in [1.165, 1.54) is 11.8 Å². The highest BCUT2D eigenvalue weighted by Gasteiger charge is 2.26. The summed E-state index contributed by atoms with van der Waals surface area (Å²) in [5.74, 6) is -1.21. The fraction of sp³-hybridized carbons (Fsp3) is 0.423. The van der Waals surface area contributed by atoms with E-state index in [1.807, 2.05) is 17.2 Å². The minimum absolute atomic E-state index is 0.0252. The summed E-state index contributed by atoms with van der Waals surface area (Å²) in [6.45, 7) is 2.22. The summed E-state index contributed by atoms with van der Waals surface area (Å²) < 4.78 is 0. The van der Waals surface area contributed by atoms with Crippen LogP contribution in [0.3, 0.4) is 0 Å². The molecular formula is C26H31N5O4S. The number of carbonyl (C=O) groups excluding carboxylic acids is 4. The first kappa shape index (κ1) is 25.7. The minimum Gasteiger partial charge on any atom is -0.348 e. The Morgan fingerprint density at radius 1 is 1.06 bits per heavy atom. The number of carbonyl (C=O) groups is 4. The van der Waals surface area contributed by atoms with Gasteiger partial charge in [0.1, 0.15) is 5.03 Å². The maximum atomic E-state index is 12.9. The molecule has 4 rings (SSSR count). The zero-order chi connectivity index (χ0) is 25.5. The van der Waals surface area contributed by atoms with Crippen molar-refractivity contribution in [3.05, 3.63) is 48.2 Å². The Bertz CT molecular complexity index is 1130. The first-order chi connectivity index (χ1) is 17.5. The van der Waals surface area contributed by atoms with Crippen molar-refractivity contribution in [2.24, 2.45) is 5.92 Å². The Balaban J connectivity index is 1.24. The number of aromatic nitrogens is 1. The first-order valence-electron chi connectivity index (χ1n) is 12.2. The molecule has 10 heteroatoms. The smallest absolute Gasteiger partial charge is 0.313 e. The Morgan fingerprint density at radius 3 is 2.61 bits per heavy atom. The molecule has 2 fully saturated rings. The molecule has 1 aromatic carbocycles. The van der Waals surface area contributed by atoms with Gasteiger partial charge in [0.05, 0.1) is 5.56 Å². The van der Waals surface area contributed by atoms with Crippen molar-refractivity contribution in [1.29, 1.82) is 0 Å². The summed E-state index contributed by atoms with van der Waals surface area (Å²) in [5.41, 5.74) is 1.80. The van der Waals surface area contributed by atoms with Crippen LogP contribution in [0.4, 0.5) is 11.4 Å². The van der Waals surface area contributed by atoms with E-state index in [0.717, 1.165) is 36.4 Å². The van der Waals surface area contributed by atoms with Crippen LogP contribution in [0.2, 0.25) is 0 Å². The number of hydrogen-bond acceptors (Lipinski definition) is 6. The van der Waals surface area contributed by atoms with Crippen LogP contribution in [-0.4, -0.2) is 65.9 Å². The summed E-state index contributed by atoms with van der Waals surface area (Å²) in [4.78, 5) is 57.7. The second kappa shape index (κ2) is 12.0. The molecule has 0 bridgehead atoms. The van der Waals surface area contributed by atoms with Crippen LogP contribution in [0.5, 0.6) is 0 Å². The summed E-state index contributed by atoms with van der Waals surface area (Å²) in [7, 11) is 0. The van der Waals surface area contributed by atoms with Gasteiger partial charge in [-0.3, -0.25) is 19.2 Å². The highest BCUT2D eigenvalue weighted by atomic mass is 32.2. The molecule has 0 saturated carbocycles. The van der Waals surface area contributed by atoms with Crippen molar-refractivity contribution in [1.82, 2.24) is 15.2 Å². The Labute approximate surface area is 215 Å². The van der Waals surface area contributed by atoms with E-state index in [2.05, 4.69) is 15.6 Å². The maximum absolute atomic E-state index is 12.9. The Morgan fingerprint density at radius 2 is 1.86 bits per heavy atom. The number of piperidine rings is 2. The van der Waals surface area contributed by atoms with E-state index in [9.17, 15) is 19.2 Å². The number of nitrogens with one attached hydrogen (secondary N) is 2. The average molecular weight is 510 g/mol. The van der Waals surface area contributed by atoms with E-state index in [0.29, 0.717) is 43.9 Å². The van der Waals surface area contributed by atoms with Crippen molar-refractivity contribution < 1.29 is 19.2 Å². The Kier molecular flexibility index (Phi) is 8.58. The van der Waals surface area contributed by atoms with E-state index in [1.54, 1.807) is 41.4 Å². The molecule has 0 spiro atoms. The van der Waals surface area contributed by atoms with E-state index < -0.39 is 11.8 Å². The van der Waals surface area contributed by atoms with Gasteiger partial charge in [0.15, 0.2) is 0 Å². The molecule has 36 heavy (non-hydrogen) atoms. The molecule has 190 valence electrons. The van der Waals surface area contributed by atoms with Crippen molar-refractivity contribution in [3.63, 3.8) is 0 Å². The zero-order valence-corrected chi connectivity index (χ0v) is 21.2. The molecule has 2 saturated heterocycles. The minimum atomic E-state index is -0.745. The molecule has 4 amide bonds. The molecule has 0 unspecified atom stereocenters. The second-order valence-electron chi connectivity index (χ2n) is 9.01. The largest absolute Gasteiger partial charge is 0.348 e. The second-order valence-corrected chi connectivity index (χ2v) is 9.81. The van der Waals surface area contributed by atoms with Gasteiger partial charge >= 0.3 is 11.8 Å². The predicted molar refractivity (Wildman–Crippen MR) is 139 cm³/mol. The van der Waals surface area contributed by atoms with Crippen molar-refractivity contribution >= 4 is 46.8 Å². The fourth-order valence-corrected chi connectivity index (χ4v) is 5.10. The number of thioether (sulfide) groups is 1. The van der Waals surface area contributed by atoms with Gasteiger partial charge in [0.25, 0.3) is 5.91 Å². The van der Waals surface area contributed by atoms with Gasteiger partial charge in [-0.15, -0.1) is 11.8 Å². The average Bonchev–Trinajstić information content (AvgIpc) is 2.92. The lowest BCUT2D eigenvalue weighted by atomic mass is 9.96. The summed E-state index contributed by atoms with van der Waals surface area (Å²) in [6, 6.07) is 10.6. The molecule has 2 aliphatic rings. The number of rotatable bonds is 6. The highest BCUT2D eigenvalue weighted by Crippen LogP contribution is 2.25. The standard InChI is InChI=1S/C26H31N5O4S/c1-36-25-21(8-5-12-27-25)26(35)30-14-10-18(11-15-30)17-28-23(33)24(34)29-19-6-4-7-20(16-19)31-13-3-2-9-22(31)32/h4-8,12,16,18H,2-3,9-11,13-15,17H2,1H3,(H,28,33)(H,29,34). The van der Waals surface area contributed by atoms with Gasteiger partial charge in [-0.1, -0.05) is 6.07 Å². The van der Waals surface area contributed by atoms with Crippen LogP contribution in [0.15, 0.2) is 47.6 Å². The molecule has 0 aliphatic carbocycles. The lowest BCUT2D eigenvalue weighted by Crippen LogP contribution is -2.43. The fourth-order valence-electron chi connectivity index (χ4n) is 4.56. The SMILES string of the molecule is CSc1ncccc1C(=O)N1CCC(CNC(=O)C(=O)Nc2cccc(N3CCCCC3=O)c2)CC1. The van der Waals surface area contributed by atoms with Crippen LogP contribution in [0.25, 0.3) is 0 Å². The van der Waals surface area contributed by atoms with Gasteiger partial charge < -0.3 is 20.4 Å². The molecule has 2 N–H and O–H groups in total. The number of amides is 4. The molecule has 0 radical (unpaired) electrons. The molecular weight excluding hydrogens is 478 g/mol. The first-order valence-corrected chi connectivity index (χ1v) is 13.5. The van der Waals surface area contributed by atoms with Crippen molar-refractivity contribution in [2.45, 2.75) is 37.1 Å². The summed E-state index contributed by atoms with van der Waals surface area (Å²) in [6.07, 6.45) is 7.43. The maximum Gasteiger partial charge on any atom is 0.313 e. The van der Waals surface area contributed by atoms with Crippen LogP contribution in [0, 0.1) is 5.92 Å². The van der Waals surface area contributed by atoms with Gasteiger partial charge in [0, 0.05) is 50.2 Å². The lowest BCUT2D eigenvalue weighted by Gasteiger charge is -2.32. The predicted octanol–water partition coefficient (Wildman–Crippen LogP) is 2.93. The lowest BCUT2D eigenvalue weighted by molar-refractivity contribution is -0.136. The monoisotopic (exact) mass is 509 g/mol. The molecule has 2 aliphatic heterocycles. The summed E-state index contributed by atoms with van der Waals surface area (Å²) in [5, 5.41) is 6.06. The molecule has 0 atom stereocenters. The molecule has 3 heterocycles. The van der Waals surface area contributed by atoms with Crippen LogP contribution in [0.1, 0.15) is 42.5 Å². The third-order valence-corrected chi connectivity index (χ3v) is 7.31. The normalized spacial score (nSPS) is 16.5. The molecule has 9 nitrogen and oxygen atoms in total. The number of hydrogen-bond donors (Lipinski definition) is 2. The van der Waals surface area contributed by atoms with Crippen LogP contribution in [-0.2, 0) is 14.4 Å². The van der Waals surface area contributed by atoms with E-state index >= 15 is 0 Å². The quantitative estimate of drug-likeness (QED) is 0.458. The van der Waals surface area contributed by atoms with Gasteiger partial charge in [0.2, 0.25) is 5.91 Å². The molecule has 1 aromatic heterocycles. The number of anilines is 2. The van der Waals surface area contributed by atoms with E-state index in [4.69, 9.17) is 0 Å². The Hall–Kier alpha value is -3.40. The zero-order valence-electron chi connectivity index (χ0n) is 20.4. The highest BCUT2D eigenvalue weighted by molar-refractivity contribution is 7.98. The molecule has 2 aromatic rings. The number of likely N-dealkylation sites (tertiary alicyclic amines) is 1. The van der Waals surface area contributed by atoms with Gasteiger partial charge in [-0.05, 0) is 68.2 Å². The number of nitrogens with zero attached hydrogens (tertiary/aromatic N) is 3. The number of pyridine rings is 1. The third kappa shape index (κ3) is 6.23. The van der Waals surface area contributed by atoms with Crippen LogP contribution < -0.4 is 15.5 Å². The van der Waals surface area contributed by atoms with Gasteiger partial charge in [-0.25, -0.2) is 4.98 Å². The summed E-state index contributed by atoms with van der Waals surface area (Å²) >= 11 is 1.45. The number of benzene rings is 1. The van der Waals surface area contributed by atoms with Crippen LogP contribution >= 0.6 is 11.8 Å². The third-order valence-electron chi connectivity index (χ3n) is 6.59. The van der Waals surface area contributed by atoms with Crippen molar-refractivity contribution in [2.75, 3.05) is 42.7 Å². The van der Waals surface area contributed by atoms with Crippen molar-refractivity contribution in [3.8, 4) is 0 Å². The van der Waals surface area contributed by atoms with E-state index in [-0.39, 0.29) is 17.7 Å².